The van der Waals surface area contributed by atoms with Crippen LogP contribution in [0, 0.1) is 0 Å². The number of benzene rings is 2. The molecule has 2 aromatic carbocycles. The summed E-state index contributed by atoms with van der Waals surface area (Å²) in [4.78, 5) is 6.38. The molecule has 2 aromatic heterocycles. The number of nitrogens with zero attached hydrogens (tertiary/aromatic N) is 4. The molecule has 6 nitrogen and oxygen atoms in total. The van der Waals surface area contributed by atoms with Crippen LogP contribution in [0.4, 0.5) is 0 Å². The molecule has 0 spiro atoms. The van der Waals surface area contributed by atoms with E-state index in [-0.39, 0.29) is 0 Å². The number of pyridine rings is 1. The zero-order valence-electron chi connectivity index (χ0n) is 18.7. The first-order valence-corrected chi connectivity index (χ1v) is 11.9. The molecule has 1 unspecified atom stereocenters. The molecule has 2 N–H and O–H groups in total. The number of nitrogens with one attached hydrogen (secondary N) is 1. The van der Waals surface area contributed by atoms with E-state index >= 15 is 0 Å². The molecule has 34 heavy (non-hydrogen) atoms. The van der Waals surface area contributed by atoms with Crippen LogP contribution in [-0.2, 0) is 0 Å². The van der Waals surface area contributed by atoms with Crippen molar-refractivity contribution in [2.24, 2.45) is 5.16 Å². The van der Waals surface area contributed by atoms with E-state index in [0.29, 0.717) is 16.8 Å². The first kappa shape index (κ1) is 22.2. The third-order valence-corrected chi connectivity index (χ3v) is 6.70. The predicted octanol–water partition coefficient (Wildman–Crippen LogP) is 6.20. The van der Waals surface area contributed by atoms with Gasteiger partial charge in [-0.05, 0) is 49.1 Å². The molecular formula is C27H26ClN5O. The van der Waals surface area contributed by atoms with E-state index in [9.17, 15) is 5.21 Å². The van der Waals surface area contributed by atoms with Crippen molar-refractivity contribution < 1.29 is 5.21 Å². The Morgan fingerprint density at radius 3 is 2.44 bits per heavy atom. The Balaban J connectivity index is 1.46. The molecule has 3 heterocycles. The highest BCUT2D eigenvalue weighted by atomic mass is 35.5. The minimum atomic E-state index is 0.303. The van der Waals surface area contributed by atoms with E-state index < -0.39 is 0 Å². The predicted molar refractivity (Wildman–Crippen MR) is 135 cm³/mol. The SMILES string of the molecule is ON=C(c1ccccc1)N1CCCC(c2[nH]nc(-c3ccc(Cl)cc3)c2-c2ccncc2)CC1. The van der Waals surface area contributed by atoms with E-state index in [1.165, 1.54) is 0 Å². The van der Waals surface area contributed by atoms with Crippen LogP contribution in [0.2, 0.25) is 5.02 Å². The van der Waals surface area contributed by atoms with E-state index in [0.717, 1.165) is 66.0 Å². The Bertz CT molecular complexity index is 1260. The van der Waals surface area contributed by atoms with Gasteiger partial charge in [0.15, 0.2) is 5.84 Å². The van der Waals surface area contributed by atoms with Crippen molar-refractivity contribution in [2.75, 3.05) is 13.1 Å². The number of H-pyrrole nitrogens is 1. The number of likely N-dealkylation sites (tertiary alicyclic amines) is 1. The number of aromatic amines is 1. The topological polar surface area (TPSA) is 77.4 Å². The smallest absolute Gasteiger partial charge is 0.175 e. The first-order chi connectivity index (χ1) is 16.7. The van der Waals surface area contributed by atoms with Crippen molar-refractivity contribution in [3.8, 4) is 22.4 Å². The van der Waals surface area contributed by atoms with E-state index in [2.05, 4.69) is 20.1 Å². The summed E-state index contributed by atoms with van der Waals surface area (Å²) in [5.74, 6) is 0.930. The Kier molecular flexibility index (Phi) is 6.58. The molecule has 4 aromatic rings. The van der Waals surface area contributed by atoms with Gasteiger partial charge in [0.1, 0.15) is 5.69 Å². The van der Waals surface area contributed by atoms with Gasteiger partial charge in [0.05, 0.1) is 0 Å². The van der Waals surface area contributed by atoms with Gasteiger partial charge in [-0.2, -0.15) is 5.10 Å². The first-order valence-electron chi connectivity index (χ1n) is 11.5. The number of aromatic nitrogens is 3. The minimum Gasteiger partial charge on any atom is -0.409 e. The second-order valence-corrected chi connectivity index (χ2v) is 8.94. The van der Waals surface area contributed by atoms with Crippen molar-refractivity contribution in [1.29, 1.82) is 0 Å². The lowest BCUT2D eigenvalue weighted by Crippen LogP contribution is -2.32. The summed E-state index contributed by atoms with van der Waals surface area (Å²) in [5, 5.41) is 22.2. The Morgan fingerprint density at radius 2 is 1.71 bits per heavy atom. The molecule has 1 saturated heterocycles. The molecule has 0 amide bonds. The summed E-state index contributed by atoms with van der Waals surface area (Å²) in [6, 6.07) is 21.7. The van der Waals surface area contributed by atoms with Gasteiger partial charge in [0.2, 0.25) is 0 Å². The molecule has 1 aliphatic rings. The van der Waals surface area contributed by atoms with Crippen molar-refractivity contribution in [2.45, 2.75) is 25.2 Å². The van der Waals surface area contributed by atoms with Gasteiger partial charge >= 0.3 is 0 Å². The highest BCUT2D eigenvalue weighted by molar-refractivity contribution is 6.30. The molecule has 1 atom stereocenters. The number of oxime groups is 1. The van der Waals surface area contributed by atoms with Crippen molar-refractivity contribution in [3.63, 3.8) is 0 Å². The van der Waals surface area contributed by atoms with Crippen LogP contribution in [0.5, 0.6) is 0 Å². The van der Waals surface area contributed by atoms with Gasteiger partial charge < -0.3 is 10.1 Å². The zero-order chi connectivity index (χ0) is 23.3. The van der Waals surface area contributed by atoms with Gasteiger partial charge in [-0.1, -0.05) is 59.2 Å². The molecule has 172 valence electrons. The second-order valence-electron chi connectivity index (χ2n) is 8.51. The van der Waals surface area contributed by atoms with Gasteiger partial charge in [-0.15, -0.1) is 0 Å². The van der Waals surface area contributed by atoms with Crippen LogP contribution in [0.3, 0.4) is 0 Å². The van der Waals surface area contributed by atoms with Gasteiger partial charge in [-0.3, -0.25) is 10.1 Å². The molecule has 1 aliphatic heterocycles. The van der Waals surface area contributed by atoms with Gasteiger partial charge in [-0.25, -0.2) is 0 Å². The van der Waals surface area contributed by atoms with E-state index in [1.807, 2.05) is 79.1 Å². The third-order valence-electron chi connectivity index (χ3n) is 6.44. The van der Waals surface area contributed by atoms with Gasteiger partial charge in [0, 0.05) is 58.8 Å². The summed E-state index contributed by atoms with van der Waals surface area (Å²) in [6.07, 6.45) is 6.56. The minimum absolute atomic E-state index is 0.303. The number of halogens is 1. The summed E-state index contributed by atoms with van der Waals surface area (Å²) >= 11 is 6.13. The summed E-state index contributed by atoms with van der Waals surface area (Å²) in [7, 11) is 0. The largest absolute Gasteiger partial charge is 0.409 e. The summed E-state index contributed by atoms with van der Waals surface area (Å²) < 4.78 is 0. The molecule has 1 fully saturated rings. The molecule has 0 radical (unpaired) electrons. The maximum absolute atomic E-state index is 9.76. The fraction of sp³-hybridized carbons (Fsp3) is 0.222. The van der Waals surface area contributed by atoms with Crippen LogP contribution in [-0.4, -0.2) is 44.2 Å². The highest BCUT2D eigenvalue weighted by Crippen LogP contribution is 2.40. The standard InChI is InChI=1S/C27H26ClN5O/c28-23-10-8-21(9-11-23)26-24(19-12-15-29-16-13-19)25(30-31-26)20-7-4-17-33(18-14-20)27(32-34)22-5-2-1-3-6-22/h1-3,5-6,8-13,15-16,20,34H,4,7,14,17-18H2,(H,30,31). The number of amidine groups is 1. The average Bonchev–Trinajstić information content (AvgIpc) is 3.18. The van der Waals surface area contributed by atoms with Crippen LogP contribution < -0.4 is 0 Å². The molecule has 0 bridgehead atoms. The normalized spacial score (nSPS) is 16.9. The fourth-order valence-corrected chi connectivity index (χ4v) is 4.89. The molecule has 5 rings (SSSR count). The molecular weight excluding hydrogens is 446 g/mol. The quantitative estimate of drug-likeness (QED) is 0.161. The molecule has 0 saturated carbocycles. The summed E-state index contributed by atoms with van der Waals surface area (Å²) in [6.45, 7) is 1.64. The average molecular weight is 472 g/mol. The van der Waals surface area contributed by atoms with Crippen molar-refractivity contribution >= 4 is 17.4 Å². The fourth-order valence-electron chi connectivity index (χ4n) is 4.77. The number of hydrogen-bond donors (Lipinski definition) is 2. The monoisotopic (exact) mass is 471 g/mol. The van der Waals surface area contributed by atoms with Crippen molar-refractivity contribution in [1.82, 2.24) is 20.1 Å². The second kappa shape index (κ2) is 10.1. The maximum Gasteiger partial charge on any atom is 0.175 e. The van der Waals surface area contributed by atoms with Crippen LogP contribution >= 0.6 is 11.6 Å². The Hall–Kier alpha value is -3.64. The molecule has 0 aliphatic carbocycles. The van der Waals surface area contributed by atoms with E-state index in [4.69, 9.17) is 16.7 Å². The maximum atomic E-state index is 9.76. The summed E-state index contributed by atoms with van der Waals surface area (Å²) in [5.41, 5.74) is 6.20. The highest BCUT2D eigenvalue weighted by Gasteiger charge is 2.27. The van der Waals surface area contributed by atoms with Crippen LogP contribution in [0.25, 0.3) is 22.4 Å². The van der Waals surface area contributed by atoms with Crippen LogP contribution in [0.15, 0.2) is 84.3 Å². The lowest BCUT2D eigenvalue weighted by molar-refractivity contribution is 0.301. The van der Waals surface area contributed by atoms with Gasteiger partial charge in [0.25, 0.3) is 0 Å². The lowest BCUT2D eigenvalue weighted by atomic mass is 9.89. The Morgan fingerprint density at radius 1 is 0.941 bits per heavy atom. The molecule has 7 heteroatoms. The van der Waals surface area contributed by atoms with Crippen LogP contribution in [0.1, 0.15) is 36.4 Å². The lowest BCUT2D eigenvalue weighted by Gasteiger charge is -2.23. The van der Waals surface area contributed by atoms with Crippen molar-refractivity contribution in [3.05, 3.63) is 95.4 Å². The van der Waals surface area contributed by atoms with E-state index in [1.54, 1.807) is 0 Å². The zero-order valence-corrected chi connectivity index (χ0v) is 19.5. The number of rotatable bonds is 4. The number of hydrogen-bond acceptors (Lipinski definition) is 4. The Labute approximate surface area is 203 Å². The third kappa shape index (κ3) is 4.54.